The maximum Gasteiger partial charge on any atom is 0.416 e. The second-order valence-corrected chi connectivity index (χ2v) is 3.99. The van der Waals surface area contributed by atoms with Gasteiger partial charge in [-0.15, -0.1) is 0 Å². The summed E-state index contributed by atoms with van der Waals surface area (Å²) in [6.45, 7) is 2.51. The fraction of sp³-hybridized carbons (Fsp3) is 0.231. The Morgan fingerprint density at radius 3 is 2.53 bits per heavy atom. The van der Waals surface area contributed by atoms with E-state index in [2.05, 4.69) is 5.10 Å². The Labute approximate surface area is 107 Å². The van der Waals surface area contributed by atoms with Gasteiger partial charge in [0.05, 0.1) is 23.4 Å². The second-order valence-electron chi connectivity index (χ2n) is 3.99. The Kier molecular flexibility index (Phi) is 3.30. The molecular weight excluding hydrogens is 255 g/mol. The van der Waals surface area contributed by atoms with Gasteiger partial charge in [0.1, 0.15) is 0 Å². The van der Waals surface area contributed by atoms with Gasteiger partial charge in [-0.1, -0.05) is 0 Å². The topological polar surface area (TPSA) is 41.6 Å². The van der Waals surface area contributed by atoms with E-state index in [1.807, 2.05) is 6.92 Å². The normalized spacial score (nSPS) is 11.3. The first-order valence-corrected chi connectivity index (χ1v) is 5.59. The van der Waals surface area contributed by atoms with Crippen LogP contribution in [-0.4, -0.2) is 9.78 Å². The van der Waals surface area contributed by atoms with E-state index in [0.29, 0.717) is 17.7 Å². The lowest BCUT2D eigenvalue weighted by Gasteiger charge is -2.08. The standard InChI is InChI=1S/C13H10F3N3/c1-2-19-8-11(7-18-19)10-3-9(6-17)4-12(5-10)13(14,15)16/h3-5,7-8H,2H2,1H3. The lowest BCUT2D eigenvalue weighted by molar-refractivity contribution is -0.137. The molecule has 0 N–H and O–H groups in total. The van der Waals surface area contributed by atoms with Crippen LogP contribution in [0.25, 0.3) is 11.1 Å². The molecule has 1 aromatic carbocycles. The van der Waals surface area contributed by atoms with Crippen LogP contribution in [0.1, 0.15) is 18.1 Å². The number of hydrogen-bond donors (Lipinski definition) is 0. The van der Waals surface area contributed by atoms with E-state index in [9.17, 15) is 13.2 Å². The molecule has 2 rings (SSSR count). The number of benzene rings is 1. The van der Waals surface area contributed by atoms with Gasteiger partial charge in [0.2, 0.25) is 0 Å². The van der Waals surface area contributed by atoms with Crippen molar-refractivity contribution in [3.05, 3.63) is 41.7 Å². The van der Waals surface area contributed by atoms with E-state index in [4.69, 9.17) is 5.26 Å². The molecule has 98 valence electrons. The third-order valence-electron chi connectivity index (χ3n) is 2.68. The van der Waals surface area contributed by atoms with E-state index in [0.717, 1.165) is 12.1 Å². The highest BCUT2D eigenvalue weighted by Crippen LogP contribution is 2.33. The van der Waals surface area contributed by atoms with Crippen molar-refractivity contribution in [2.45, 2.75) is 19.6 Å². The lowest BCUT2D eigenvalue weighted by Crippen LogP contribution is -2.05. The van der Waals surface area contributed by atoms with E-state index in [-0.39, 0.29) is 5.56 Å². The summed E-state index contributed by atoms with van der Waals surface area (Å²) in [5.41, 5.74) is 0.0513. The summed E-state index contributed by atoms with van der Waals surface area (Å²) in [6, 6.07) is 5.03. The van der Waals surface area contributed by atoms with E-state index in [1.54, 1.807) is 16.9 Å². The Hall–Kier alpha value is -2.29. The first-order valence-electron chi connectivity index (χ1n) is 5.59. The monoisotopic (exact) mass is 265 g/mol. The molecule has 0 saturated carbocycles. The SMILES string of the molecule is CCn1cc(-c2cc(C#N)cc(C(F)(F)F)c2)cn1. The van der Waals surface area contributed by atoms with Crippen LogP contribution in [0.2, 0.25) is 0 Å². The predicted molar refractivity (Wildman–Crippen MR) is 63.1 cm³/mol. The largest absolute Gasteiger partial charge is 0.416 e. The highest BCUT2D eigenvalue weighted by molar-refractivity contribution is 5.65. The Bertz CT molecular complexity index is 635. The number of aryl methyl sites for hydroxylation is 1. The molecular formula is C13H10F3N3. The summed E-state index contributed by atoms with van der Waals surface area (Å²) in [5, 5.41) is 12.8. The van der Waals surface area contributed by atoms with Crippen LogP contribution < -0.4 is 0 Å². The minimum Gasteiger partial charge on any atom is -0.272 e. The fourth-order valence-corrected chi connectivity index (χ4v) is 1.71. The number of aromatic nitrogens is 2. The van der Waals surface area contributed by atoms with Gasteiger partial charge >= 0.3 is 6.18 Å². The van der Waals surface area contributed by atoms with Crippen LogP contribution >= 0.6 is 0 Å². The third-order valence-corrected chi connectivity index (χ3v) is 2.68. The summed E-state index contributed by atoms with van der Waals surface area (Å²) in [4.78, 5) is 0. The summed E-state index contributed by atoms with van der Waals surface area (Å²) in [7, 11) is 0. The van der Waals surface area contributed by atoms with E-state index in [1.165, 1.54) is 12.3 Å². The number of hydrogen-bond acceptors (Lipinski definition) is 2. The average molecular weight is 265 g/mol. The fourth-order valence-electron chi connectivity index (χ4n) is 1.71. The van der Waals surface area contributed by atoms with Crippen molar-refractivity contribution in [2.24, 2.45) is 0 Å². The molecule has 2 aromatic rings. The molecule has 1 heterocycles. The van der Waals surface area contributed by atoms with Gasteiger partial charge in [0.25, 0.3) is 0 Å². The van der Waals surface area contributed by atoms with Gasteiger partial charge in [-0.05, 0) is 30.7 Å². The number of nitrogens with zero attached hydrogens (tertiary/aromatic N) is 3. The minimum atomic E-state index is -4.47. The van der Waals surface area contributed by atoms with Crippen LogP contribution in [-0.2, 0) is 12.7 Å². The van der Waals surface area contributed by atoms with Gasteiger partial charge in [-0.2, -0.15) is 23.5 Å². The molecule has 0 fully saturated rings. The first kappa shape index (κ1) is 13.1. The van der Waals surface area contributed by atoms with Gasteiger partial charge in [-0.3, -0.25) is 4.68 Å². The predicted octanol–water partition coefficient (Wildman–Crippen LogP) is 3.46. The molecule has 6 heteroatoms. The number of halogens is 3. The second kappa shape index (κ2) is 4.76. The Balaban J connectivity index is 2.54. The third kappa shape index (κ3) is 2.76. The molecule has 1 aromatic heterocycles. The van der Waals surface area contributed by atoms with Crippen molar-refractivity contribution in [1.29, 1.82) is 5.26 Å². The molecule has 0 radical (unpaired) electrons. The maximum atomic E-state index is 12.7. The molecule has 0 amide bonds. The number of nitriles is 1. The molecule has 0 atom stereocenters. The smallest absolute Gasteiger partial charge is 0.272 e. The van der Waals surface area contributed by atoms with Crippen molar-refractivity contribution in [3.8, 4) is 17.2 Å². The number of rotatable bonds is 2. The summed E-state index contributed by atoms with van der Waals surface area (Å²) >= 11 is 0. The van der Waals surface area contributed by atoms with Gasteiger partial charge in [-0.25, -0.2) is 0 Å². The van der Waals surface area contributed by atoms with Crippen molar-refractivity contribution < 1.29 is 13.2 Å². The van der Waals surface area contributed by atoms with Crippen molar-refractivity contribution >= 4 is 0 Å². The molecule has 0 unspecified atom stereocenters. The molecule has 0 bridgehead atoms. The van der Waals surface area contributed by atoms with Crippen molar-refractivity contribution in [2.75, 3.05) is 0 Å². The molecule has 0 aliphatic heterocycles. The molecule has 0 aliphatic rings. The lowest BCUT2D eigenvalue weighted by atomic mass is 10.0. The number of alkyl halides is 3. The van der Waals surface area contributed by atoms with Crippen LogP contribution in [0, 0.1) is 11.3 Å². The van der Waals surface area contributed by atoms with Gasteiger partial charge in [0.15, 0.2) is 0 Å². The summed E-state index contributed by atoms with van der Waals surface area (Å²) in [6.07, 6.45) is -1.33. The molecule has 0 spiro atoms. The zero-order chi connectivity index (χ0) is 14.0. The van der Waals surface area contributed by atoms with Crippen LogP contribution in [0.15, 0.2) is 30.6 Å². The van der Waals surface area contributed by atoms with Crippen LogP contribution in [0.5, 0.6) is 0 Å². The summed E-state index contributed by atoms with van der Waals surface area (Å²) in [5.74, 6) is 0. The molecule has 19 heavy (non-hydrogen) atoms. The molecule has 3 nitrogen and oxygen atoms in total. The van der Waals surface area contributed by atoms with Gasteiger partial charge in [0, 0.05) is 18.3 Å². The van der Waals surface area contributed by atoms with Gasteiger partial charge < -0.3 is 0 Å². The quantitative estimate of drug-likeness (QED) is 0.834. The van der Waals surface area contributed by atoms with E-state index < -0.39 is 11.7 Å². The van der Waals surface area contributed by atoms with Crippen LogP contribution in [0.4, 0.5) is 13.2 Å². The Morgan fingerprint density at radius 1 is 1.26 bits per heavy atom. The molecule has 0 saturated heterocycles. The highest BCUT2D eigenvalue weighted by Gasteiger charge is 2.31. The van der Waals surface area contributed by atoms with E-state index >= 15 is 0 Å². The van der Waals surface area contributed by atoms with Crippen LogP contribution in [0.3, 0.4) is 0 Å². The summed E-state index contributed by atoms with van der Waals surface area (Å²) < 4.78 is 39.8. The zero-order valence-electron chi connectivity index (χ0n) is 10.1. The highest BCUT2D eigenvalue weighted by atomic mass is 19.4. The minimum absolute atomic E-state index is 0.0194. The Morgan fingerprint density at radius 2 is 2.00 bits per heavy atom. The van der Waals surface area contributed by atoms with Crippen molar-refractivity contribution in [1.82, 2.24) is 9.78 Å². The molecule has 0 aliphatic carbocycles. The van der Waals surface area contributed by atoms with Crippen molar-refractivity contribution in [3.63, 3.8) is 0 Å². The maximum absolute atomic E-state index is 12.7. The zero-order valence-corrected chi connectivity index (χ0v) is 10.1. The average Bonchev–Trinajstić information content (AvgIpc) is 2.86. The first-order chi connectivity index (χ1) is 8.94.